The zero-order valence-corrected chi connectivity index (χ0v) is 16.6. The van der Waals surface area contributed by atoms with Gasteiger partial charge < -0.3 is 14.8 Å². The van der Waals surface area contributed by atoms with Crippen molar-refractivity contribution < 1.29 is 14.8 Å². The van der Waals surface area contributed by atoms with Crippen LogP contribution in [0, 0.1) is 0 Å². The molecule has 0 atom stereocenters. The summed E-state index contributed by atoms with van der Waals surface area (Å²) in [6.07, 6.45) is 1.09. The van der Waals surface area contributed by atoms with Gasteiger partial charge in [0.25, 0.3) is 0 Å². The molecule has 0 radical (unpaired) electrons. The van der Waals surface area contributed by atoms with Gasteiger partial charge in [-0.2, -0.15) is 0 Å². The fraction of sp³-hybridized carbons (Fsp3) is 0.533. The Balaban J connectivity index is 1.76. The van der Waals surface area contributed by atoms with E-state index in [1.54, 1.807) is 23.6 Å². The van der Waals surface area contributed by atoms with Crippen molar-refractivity contribution >= 4 is 27.7 Å². The lowest BCUT2D eigenvalue weighted by Crippen LogP contribution is -2.82. The molecule has 0 saturated carbocycles. The Morgan fingerprint density at radius 2 is 2.21 bits per heavy atom. The van der Waals surface area contributed by atoms with Crippen LogP contribution in [0.4, 0.5) is 0 Å². The van der Waals surface area contributed by atoms with Crippen molar-refractivity contribution in [2.24, 2.45) is 7.05 Å². The summed E-state index contributed by atoms with van der Waals surface area (Å²) in [5.74, 6) is 2.53. The van der Waals surface area contributed by atoms with Crippen molar-refractivity contribution in [2.45, 2.75) is 25.0 Å². The maximum atomic E-state index is 5.65. The highest BCUT2D eigenvalue weighted by Crippen LogP contribution is 2.36. The third kappa shape index (κ3) is 5.35. The molecule has 2 aromatic rings. The fourth-order valence-electron chi connectivity index (χ4n) is 2.20. The van der Waals surface area contributed by atoms with Crippen molar-refractivity contribution in [3.63, 3.8) is 0 Å². The number of nitrogens with two attached hydrogens (primary N) is 1. The molecule has 1 aromatic carbocycles. The number of benzene rings is 1. The van der Waals surface area contributed by atoms with Gasteiger partial charge >= 0.3 is 0 Å². The van der Waals surface area contributed by atoms with Gasteiger partial charge in [-0.3, -0.25) is 0 Å². The Hall–Kier alpha value is -1.32. The molecule has 1 aromatic heterocycles. The van der Waals surface area contributed by atoms with Gasteiger partial charge in [-0.1, -0.05) is 11.8 Å². The molecular weight excluding hydrogens is 394 g/mol. The average molecular weight is 417 g/mol. The lowest BCUT2D eigenvalue weighted by Gasteiger charge is -2.12. The molecule has 2 rings (SSSR count). The zero-order chi connectivity index (χ0) is 17.4. The number of hydrogen-bond acceptors (Lipinski definition) is 6. The Morgan fingerprint density at radius 3 is 2.88 bits per heavy atom. The maximum absolute atomic E-state index is 5.65. The molecular formula is C15H23BrN5O2S+. The number of hydrogen-bond donors (Lipinski definition) is 1. The summed E-state index contributed by atoms with van der Waals surface area (Å²) < 4.78 is 13.7. The summed E-state index contributed by atoms with van der Waals surface area (Å²) in [5, 5.41) is 14.6. The van der Waals surface area contributed by atoms with Crippen LogP contribution in [0.15, 0.2) is 21.8 Å². The van der Waals surface area contributed by atoms with E-state index in [-0.39, 0.29) is 0 Å². The van der Waals surface area contributed by atoms with Gasteiger partial charge in [0.05, 0.1) is 24.7 Å². The first-order valence-corrected chi connectivity index (χ1v) is 9.59. The lowest BCUT2D eigenvalue weighted by molar-refractivity contribution is -0.670. The third-order valence-electron chi connectivity index (χ3n) is 3.32. The number of methoxy groups -OCH3 is 1. The van der Waals surface area contributed by atoms with E-state index in [2.05, 4.69) is 42.8 Å². The Morgan fingerprint density at radius 1 is 1.38 bits per heavy atom. The van der Waals surface area contributed by atoms with E-state index >= 15 is 0 Å². The first kappa shape index (κ1) is 19.0. The summed E-state index contributed by atoms with van der Waals surface area (Å²) in [6, 6.07) is 4.13. The van der Waals surface area contributed by atoms with E-state index in [9.17, 15) is 0 Å². The van der Waals surface area contributed by atoms with Gasteiger partial charge in [-0.15, -0.1) is 5.10 Å². The second-order valence-corrected chi connectivity index (χ2v) is 7.03. The molecule has 0 fully saturated rings. The van der Waals surface area contributed by atoms with Gasteiger partial charge in [0, 0.05) is 24.8 Å². The van der Waals surface area contributed by atoms with Crippen LogP contribution < -0.4 is 14.8 Å². The number of thioether (sulfide) groups is 1. The topological polar surface area (TPSA) is 78.7 Å². The van der Waals surface area contributed by atoms with Gasteiger partial charge in [-0.05, 0) is 45.4 Å². The minimum Gasteiger partial charge on any atom is -0.492 e. The number of halogens is 1. The summed E-state index contributed by atoms with van der Waals surface area (Å²) >= 11 is 5.23. The average Bonchev–Trinajstić information content (AvgIpc) is 2.96. The van der Waals surface area contributed by atoms with E-state index in [0.717, 1.165) is 46.4 Å². The summed E-state index contributed by atoms with van der Waals surface area (Å²) in [5.41, 5.74) is 1.20. The normalized spacial score (nSPS) is 10.8. The Kier molecular flexibility index (Phi) is 7.80. The van der Waals surface area contributed by atoms with Crippen LogP contribution in [-0.4, -0.2) is 46.2 Å². The number of nitrogens with zero attached hydrogens (tertiary/aromatic N) is 4. The van der Waals surface area contributed by atoms with Crippen LogP contribution in [0.5, 0.6) is 11.5 Å². The van der Waals surface area contributed by atoms with Crippen LogP contribution in [0.2, 0.25) is 0 Å². The van der Waals surface area contributed by atoms with Crippen molar-refractivity contribution in [1.82, 2.24) is 20.2 Å². The molecule has 0 saturated heterocycles. The Labute approximate surface area is 154 Å². The minimum atomic E-state index is 0.615. The molecule has 132 valence electrons. The molecule has 0 spiro atoms. The lowest BCUT2D eigenvalue weighted by atomic mass is 10.2. The molecule has 24 heavy (non-hydrogen) atoms. The number of aromatic nitrogens is 4. The minimum absolute atomic E-state index is 0.615. The van der Waals surface area contributed by atoms with Crippen LogP contribution in [0.3, 0.4) is 0 Å². The quantitative estimate of drug-likeness (QED) is 0.468. The zero-order valence-electron chi connectivity index (χ0n) is 14.2. The highest BCUT2D eigenvalue weighted by molar-refractivity contribution is 9.10. The SMILES string of the molecule is CCOc1cc(C[NH2+]CCCSc2nnnn2C)cc(Br)c1OC. The van der Waals surface area contributed by atoms with Crippen LogP contribution in [0.1, 0.15) is 18.9 Å². The number of rotatable bonds is 10. The molecule has 0 aliphatic rings. The van der Waals surface area contributed by atoms with E-state index in [1.165, 1.54) is 5.56 Å². The third-order valence-corrected chi connectivity index (χ3v) is 5.00. The van der Waals surface area contributed by atoms with Crippen LogP contribution >= 0.6 is 27.7 Å². The van der Waals surface area contributed by atoms with Crippen LogP contribution in [-0.2, 0) is 13.6 Å². The molecule has 7 nitrogen and oxygen atoms in total. The number of aryl methyl sites for hydroxylation is 1. The predicted molar refractivity (Wildman–Crippen MR) is 96.5 cm³/mol. The first-order chi connectivity index (χ1) is 11.7. The molecule has 9 heteroatoms. The second-order valence-electron chi connectivity index (χ2n) is 5.11. The molecule has 0 unspecified atom stereocenters. The largest absolute Gasteiger partial charge is 0.492 e. The Bertz CT molecular complexity index is 653. The maximum Gasteiger partial charge on any atom is 0.209 e. The van der Waals surface area contributed by atoms with Crippen molar-refractivity contribution in [3.8, 4) is 11.5 Å². The number of ether oxygens (including phenoxy) is 2. The monoisotopic (exact) mass is 416 g/mol. The summed E-state index contributed by atoms with van der Waals surface area (Å²) in [6.45, 7) is 4.53. The van der Waals surface area contributed by atoms with Crippen molar-refractivity contribution in [3.05, 3.63) is 22.2 Å². The highest BCUT2D eigenvalue weighted by Gasteiger charge is 2.12. The second kappa shape index (κ2) is 9.85. The standard InChI is InChI=1S/C15H22BrN5O2S/c1-4-23-13-9-11(8-12(16)14(13)22-3)10-17-6-5-7-24-15-18-19-20-21(15)2/h8-9,17H,4-7,10H2,1-3H3/p+1. The van der Waals surface area contributed by atoms with Gasteiger partial charge in [-0.25, -0.2) is 4.68 Å². The summed E-state index contributed by atoms with van der Waals surface area (Å²) in [7, 11) is 3.50. The molecule has 0 aliphatic carbocycles. The van der Waals surface area contributed by atoms with E-state index in [1.807, 2.05) is 20.0 Å². The van der Waals surface area contributed by atoms with Gasteiger partial charge in [0.1, 0.15) is 6.54 Å². The smallest absolute Gasteiger partial charge is 0.209 e. The fourth-order valence-corrected chi connectivity index (χ4v) is 3.67. The van der Waals surface area contributed by atoms with Gasteiger partial charge in [0.15, 0.2) is 11.5 Å². The van der Waals surface area contributed by atoms with Crippen LogP contribution in [0.25, 0.3) is 0 Å². The van der Waals surface area contributed by atoms with E-state index in [0.29, 0.717) is 6.61 Å². The summed E-state index contributed by atoms with van der Waals surface area (Å²) in [4.78, 5) is 0. The van der Waals surface area contributed by atoms with E-state index < -0.39 is 0 Å². The van der Waals surface area contributed by atoms with Crippen molar-refractivity contribution in [1.29, 1.82) is 0 Å². The van der Waals surface area contributed by atoms with E-state index in [4.69, 9.17) is 9.47 Å². The molecule has 0 aliphatic heterocycles. The first-order valence-electron chi connectivity index (χ1n) is 7.81. The molecule has 2 N–H and O–H groups in total. The number of quaternary nitrogens is 1. The molecule has 0 bridgehead atoms. The number of tetrazole rings is 1. The predicted octanol–water partition coefficient (Wildman–Crippen LogP) is 1.63. The van der Waals surface area contributed by atoms with Crippen molar-refractivity contribution in [2.75, 3.05) is 26.0 Å². The highest BCUT2D eigenvalue weighted by atomic mass is 79.9. The molecule has 1 heterocycles. The van der Waals surface area contributed by atoms with Gasteiger partial charge in [0.2, 0.25) is 5.16 Å². The molecule has 0 amide bonds.